The van der Waals surface area contributed by atoms with Gasteiger partial charge < -0.3 is 9.84 Å². The molecule has 1 aliphatic heterocycles. The summed E-state index contributed by atoms with van der Waals surface area (Å²) < 4.78 is 19.3. The predicted molar refractivity (Wildman–Crippen MR) is 82.6 cm³/mol. The maximum absolute atomic E-state index is 13.9. The van der Waals surface area contributed by atoms with Crippen molar-refractivity contribution in [2.24, 2.45) is 0 Å². The zero-order valence-corrected chi connectivity index (χ0v) is 13.6. The molecule has 2 rings (SSSR count). The Balaban J connectivity index is 2.33. The highest BCUT2D eigenvalue weighted by Gasteiger charge is 2.51. The number of carboxylic acid groups (broad SMARTS) is 1. The molecule has 23 heavy (non-hydrogen) atoms. The van der Waals surface area contributed by atoms with Crippen molar-refractivity contribution in [3.05, 3.63) is 35.6 Å². The molecule has 1 unspecified atom stereocenters. The Bertz CT molecular complexity index is 611. The Labute approximate surface area is 135 Å². The minimum atomic E-state index is -1.47. The van der Waals surface area contributed by atoms with Gasteiger partial charge in [-0.2, -0.15) is 0 Å². The highest BCUT2D eigenvalue weighted by atomic mass is 19.1. The van der Waals surface area contributed by atoms with Gasteiger partial charge in [-0.25, -0.2) is 14.0 Å². The van der Waals surface area contributed by atoms with E-state index in [0.29, 0.717) is 6.42 Å². The third-order valence-corrected chi connectivity index (χ3v) is 3.94. The lowest BCUT2D eigenvalue weighted by atomic mass is 9.88. The first-order valence-electron chi connectivity index (χ1n) is 7.63. The normalized spacial score (nSPS) is 21.3. The monoisotopic (exact) mass is 323 g/mol. The van der Waals surface area contributed by atoms with Gasteiger partial charge in [0.05, 0.1) is 0 Å². The van der Waals surface area contributed by atoms with Gasteiger partial charge in [0.2, 0.25) is 0 Å². The molecule has 1 amide bonds. The van der Waals surface area contributed by atoms with Crippen LogP contribution in [0.25, 0.3) is 0 Å². The largest absolute Gasteiger partial charge is 0.479 e. The molecular weight excluding hydrogens is 301 g/mol. The lowest BCUT2D eigenvalue weighted by Crippen LogP contribution is -2.55. The average Bonchev–Trinajstić information content (AvgIpc) is 2.84. The van der Waals surface area contributed by atoms with Crippen molar-refractivity contribution in [2.45, 2.75) is 51.2 Å². The van der Waals surface area contributed by atoms with Crippen LogP contribution in [0.4, 0.5) is 9.18 Å². The molecule has 0 saturated carbocycles. The smallest absolute Gasteiger partial charge is 0.411 e. The number of aliphatic carboxylic acids is 1. The fourth-order valence-corrected chi connectivity index (χ4v) is 2.90. The summed E-state index contributed by atoms with van der Waals surface area (Å²) in [6.07, 6.45) is 0.0678. The number of ether oxygens (including phenoxy) is 1. The van der Waals surface area contributed by atoms with E-state index in [2.05, 4.69) is 0 Å². The molecule has 0 aromatic heterocycles. The fourth-order valence-electron chi connectivity index (χ4n) is 2.90. The van der Waals surface area contributed by atoms with Gasteiger partial charge in [-0.1, -0.05) is 18.2 Å². The van der Waals surface area contributed by atoms with E-state index in [1.807, 2.05) is 0 Å². The molecule has 0 aliphatic carbocycles. The third-order valence-electron chi connectivity index (χ3n) is 3.94. The number of nitrogens with zero attached hydrogens (tertiary/aromatic N) is 1. The Morgan fingerprint density at radius 3 is 2.57 bits per heavy atom. The number of carbonyl (C=O) groups is 2. The topological polar surface area (TPSA) is 66.8 Å². The number of carbonyl (C=O) groups excluding carboxylic acids is 1. The molecule has 1 atom stereocenters. The van der Waals surface area contributed by atoms with Gasteiger partial charge in [-0.15, -0.1) is 0 Å². The minimum absolute atomic E-state index is 0.0751. The number of halogens is 1. The Morgan fingerprint density at radius 1 is 1.35 bits per heavy atom. The first kappa shape index (κ1) is 17.2. The number of rotatable bonds is 3. The second-order valence-electron chi connectivity index (χ2n) is 6.84. The Hall–Kier alpha value is -2.11. The van der Waals surface area contributed by atoms with Gasteiger partial charge in [-0.3, -0.25) is 4.90 Å². The first-order valence-corrected chi connectivity index (χ1v) is 7.63. The second-order valence-corrected chi connectivity index (χ2v) is 6.84. The summed E-state index contributed by atoms with van der Waals surface area (Å²) in [7, 11) is 0. The highest BCUT2D eigenvalue weighted by molar-refractivity contribution is 5.85. The van der Waals surface area contributed by atoms with E-state index in [9.17, 15) is 19.1 Å². The number of hydrogen-bond donors (Lipinski definition) is 1. The number of carboxylic acids is 1. The fraction of sp³-hybridized carbons (Fsp3) is 0.529. The quantitative estimate of drug-likeness (QED) is 0.927. The van der Waals surface area contributed by atoms with Gasteiger partial charge >= 0.3 is 12.1 Å². The zero-order valence-electron chi connectivity index (χ0n) is 13.6. The van der Waals surface area contributed by atoms with Crippen LogP contribution in [0.1, 0.15) is 39.2 Å². The van der Waals surface area contributed by atoms with Crippen LogP contribution in [0.15, 0.2) is 24.3 Å². The van der Waals surface area contributed by atoms with E-state index in [1.165, 1.54) is 11.0 Å². The van der Waals surface area contributed by atoms with E-state index < -0.39 is 29.0 Å². The van der Waals surface area contributed by atoms with Crippen LogP contribution in [0.2, 0.25) is 0 Å². The van der Waals surface area contributed by atoms with Crippen LogP contribution in [-0.4, -0.2) is 39.8 Å². The summed E-state index contributed by atoms with van der Waals surface area (Å²) in [5, 5.41) is 9.76. The molecule has 1 aromatic carbocycles. The molecular formula is C17H22FNO4. The van der Waals surface area contributed by atoms with Gasteiger partial charge in [0.25, 0.3) is 0 Å². The van der Waals surface area contributed by atoms with Crippen molar-refractivity contribution >= 4 is 12.1 Å². The van der Waals surface area contributed by atoms with Crippen molar-refractivity contribution < 1.29 is 23.8 Å². The van der Waals surface area contributed by atoms with Crippen LogP contribution in [0, 0.1) is 5.82 Å². The Morgan fingerprint density at radius 2 is 2.00 bits per heavy atom. The summed E-state index contributed by atoms with van der Waals surface area (Å²) in [5.41, 5.74) is -1.91. The van der Waals surface area contributed by atoms with Crippen molar-refractivity contribution in [2.75, 3.05) is 6.54 Å². The molecule has 1 aromatic rings. The molecule has 1 heterocycles. The highest BCUT2D eigenvalue weighted by Crippen LogP contribution is 2.35. The number of benzene rings is 1. The summed E-state index contributed by atoms with van der Waals surface area (Å²) in [5.74, 6) is -1.60. The molecule has 1 N–H and O–H groups in total. The molecule has 1 saturated heterocycles. The van der Waals surface area contributed by atoms with Crippen LogP contribution >= 0.6 is 0 Å². The first-order chi connectivity index (χ1) is 10.7. The summed E-state index contributed by atoms with van der Waals surface area (Å²) in [6.45, 7) is 5.45. The van der Waals surface area contributed by atoms with Crippen molar-refractivity contribution in [3.8, 4) is 0 Å². The Kier molecular flexibility index (Phi) is 4.63. The van der Waals surface area contributed by atoms with E-state index in [-0.39, 0.29) is 24.9 Å². The van der Waals surface area contributed by atoms with Gasteiger partial charge in [0, 0.05) is 13.0 Å². The molecule has 1 aliphatic rings. The summed E-state index contributed by atoms with van der Waals surface area (Å²) >= 11 is 0. The maximum atomic E-state index is 13.9. The van der Waals surface area contributed by atoms with Crippen LogP contribution in [0.3, 0.4) is 0 Å². The minimum Gasteiger partial charge on any atom is -0.479 e. The maximum Gasteiger partial charge on any atom is 0.411 e. The molecule has 0 radical (unpaired) electrons. The van der Waals surface area contributed by atoms with E-state index in [1.54, 1.807) is 39.0 Å². The average molecular weight is 323 g/mol. The lowest BCUT2D eigenvalue weighted by molar-refractivity contribution is -0.149. The number of amides is 1. The number of likely N-dealkylation sites (tertiary alicyclic amines) is 1. The second kappa shape index (κ2) is 6.18. The van der Waals surface area contributed by atoms with E-state index in [0.717, 1.165) is 0 Å². The molecule has 5 nitrogen and oxygen atoms in total. The third kappa shape index (κ3) is 3.63. The van der Waals surface area contributed by atoms with Crippen LogP contribution in [-0.2, 0) is 16.0 Å². The molecule has 0 bridgehead atoms. The summed E-state index contributed by atoms with van der Waals surface area (Å²) in [6, 6.07) is 6.04. The molecule has 1 fully saturated rings. The molecule has 0 spiro atoms. The lowest BCUT2D eigenvalue weighted by Gasteiger charge is -2.36. The van der Waals surface area contributed by atoms with Gasteiger partial charge in [0.1, 0.15) is 17.0 Å². The van der Waals surface area contributed by atoms with Gasteiger partial charge in [-0.05, 0) is 45.2 Å². The number of hydrogen-bond acceptors (Lipinski definition) is 3. The summed E-state index contributed by atoms with van der Waals surface area (Å²) in [4.78, 5) is 25.6. The van der Waals surface area contributed by atoms with Crippen molar-refractivity contribution in [3.63, 3.8) is 0 Å². The standard InChI is InChI=1S/C17H22FNO4/c1-16(2,3)23-15(22)19-10-6-9-17(19,14(20)21)11-12-7-4-5-8-13(12)18/h4-5,7-8H,6,9-11H2,1-3H3,(H,20,21). The van der Waals surface area contributed by atoms with E-state index >= 15 is 0 Å². The van der Waals surface area contributed by atoms with Crippen LogP contribution < -0.4 is 0 Å². The van der Waals surface area contributed by atoms with Crippen molar-refractivity contribution in [1.29, 1.82) is 0 Å². The SMILES string of the molecule is CC(C)(C)OC(=O)N1CCCC1(Cc1ccccc1F)C(=O)O. The van der Waals surface area contributed by atoms with E-state index in [4.69, 9.17) is 4.74 Å². The van der Waals surface area contributed by atoms with Gasteiger partial charge in [0.15, 0.2) is 0 Å². The predicted octanol–water partition coefficient (Wildman–Crippen LogP) is 3.22. The van der Waals surface area contributed by atoms with Crippen LogP contribution in [0.5, 0.6) is 0 Å². The van der Waals surface area contributed by atoms with Crippen molar-refractivity contribution in [1.82, 2.24) is 4.90 Å². The zero-order chi connectivity index (χ0) is 17.3. The molecule has 126 valence electrons. The molecule has 6 heteroatoms.